The first kappa shape index (κ1) is 82.2. The van der Waals surface area contributed by atoms with Gasteiger partial charge in [0, 0.05) is 0 Å². The van der Waals surface area contributed by atoms with E-state index in [1.165, 1.54) is 0 Å². The maximum Gasteiger partial charge on any atom is 0.176 e. The van der Waals surface area contributed by atoms with Gasteiger partial charge in [-0.1, -0.05) is 0 Å². The Morgan fingerprint density at radius 1 is 0.180 bits per heavy atom. The van der Waals surface area contributed by atoms with Crippen LogP contribution in [0.3, 0.4) is 0 Å². The van der Waals surface area contributed by atoms with E-state index in [9.17, 15) is 102 Å². The second kappa shape index (κ2) is 35.5. The fourth-order valence-electron chi connectivity index (χ4n) is 13.4. The number of rotatable bonds is 25. The summed E-state index contributed by atoms with van der Waals surface area (Å²) in [6, 6.07) is -14.1. The molecule has 0 aromatic heterocycles. The molecule has 9 saturated heterocycles. The van der Waals surface area contributed by atoms with E-state index in [-0.39, 0.29) is 0 Å². The van der Waals surface area contributed by atoms with E-state index in [0.717, 1.165) is 0 Å². The molecule has 9 heterocycles. The highest BCUT2D eigenvalue weighted by molar-refractivity contribution is 5.05. The molecule has 0 spiro atoms. The zero-order chi connectivity index (χ0) is 73.4. The van der Waals surface area contributed by atoms with Crippen molar-refractivity contribution in [1.29, 1.82) is 0 Å². The molecule has 0 bridgehead atoms. The summed E-state index contributed by atoms with van der Waals surface area (Å²) < 4.78 is 99.2. The summed E-state index contributed by atoms with van der Waals surface area (Å²) in [5.74, 6) is 0. The lowest BCUT2D eigenvalue weighted by molar-refractivity contribution is -0.371. The highest BCUT2D eigenvalue weighted by Gasteiger charge is 2.59. The van der Waals surface area contributed by atoms with Crippen LogP contribution in [0, 0.1) is 0 Å². The maximum absolute atomic E-state index is 11.7. The Balaban J connectivity index is 0.771. The second-order valence-corrected chi connectivity index (χ2v) is 26.0. The number of nitrogens with two attached hydrogens (primary N) is 9. The molecule has 100 heavy (non-hydrogen) atoms. The molecule has 9 aliphatic rings. The molecule has 45 atom stereocenters. The number of hydrogen-bond acceptors (Lipinski definition) is 46. The first-order chi connectivity index (χ1) is 47.5. The molecule has 0 aromatic carbocycles. The lowest BCUT2D eigenvalue weighted by Gasteiger charge is -2.51. The van der Waals surface area contributed by atoms with Gasteiger partial charge in [0.2, 0.25) is 0 Å². The fraction of sp³-hybridized carbons (Fsp3) is 1.00. The van der Waals surface area contributed by atoms with Crippen molar-refractivity contribution in [3.63, 3.8) is 0 Å². The van der Waals surface area contributed by atoms with E-state index in [0.29, 0.717) is 0 Å². The first-order valence-corrected chi connectivity index (χ1v) is 32.4. The molecular weight excluding hydrogens is 1370 g/mol. The van der Waals surface area contributed by atoms with Crippen molar-refractivity contribution in [2.45, 2.75) is 276 Å². The van der Waals surface area contributed by atoms with Gasteiger partial charge in [-0.2, -0.15) is 0 Å². The summed E-state index contributed by atoms with van der Waals surface area (Å²) in [6.07, 6.45) is -59.6. The van der Waals surface area contributed by atoms with Gasteiger partial charge in [0.15, 0.2) is 56.6 Å². The summed E-state index contributed by atoms with van der Waals surface area (Å²) in [6.45, 7) is -7.95. The fourth-order valence-corrected chi connectivity index (χ4v) is 13.4. The molecule has 9 rings (SSSR count). The van der Waals surface area contributed by atoms with E-state index in [1.807, 2.05) is 0 Å². The summed E-state index contributed by atoms with van der Waals surface area (Å²) in [5, 5.41) is 215. The molecule has 0 aromatic rings. The van der Waals surface area contributed by atoms with Crippen LogP contribution in [0.1, 0.15) is 0 Å². The predicted molar refractivity (Wildman–Crippen MR) is 315 cm³/mol. The van der Waals surface area contributed by atoms with Gasteiger partial charge in [-0.05, 0) is 0 Å². The van der Waals surface area contributed by atoms with Gasteiger partial charge < -0.3 is 234 Å². The van der Waals surface area contributed by atoms with Gasteiger partial charge in [0.25, 0.3) is 0 Å². The summed E-state index contributed by atoms with van der Waals surface area (Å²) in [5.41, 5.74) is 56.4. The van der Waals surface area contributed by atoms with Crippen molar-refractivity contribution < 1.29 is 183 Å². The lowest BCUT2D eigenvalue weighted by Crippen LogP contribution is -2.71. The van der Waals surface area contributed by atoms with Crippen LogP contribution in [0.2, 0.25) is 0 Å². The molecule has 584 valence electrons. The zero-order valence-corrected chi connectivity index (χ0v) is 53.4. The minimum absolute atomic E-state index is 0.757. The van der Waals surface area contributed by atoms with Gasteiger partial charge in [-0.3, -0.25) is 0 Å². The van der Waals surface area contributed by atoms with Crippen LogP contribution in [0.4, 0.5) is 0 Å². The summed E-state index contributed by atoms with van der Waals surface area (Å²) in [7, 11) is 0. The smallest absolute Gasteiger partial charge is 0.176 e. The number of ether oxygens (including phenoxy) is 17. The molecule has 0 aliphatic carbocycles. The van der Waals surface area contributed by atoms with Crippen molar-refractivity contribution in [1.82, 2.24) is 0 Å². The van der Waals surface area contributed by atoms with Crippen molar-refractivity contribution in [3.05, 3.63) is 0 Å². The van der Waals surface area contributed by atoms with Gasteiger partial charge >= 0.3 is 0 Å². The highest BCUT2D eigenvalue weighted by Crippen LogP contribution is 2.38. The minimum Gasteiger partial charge on any atom is -0.394 e. The van der Waals surface area contributed by atoms with Crippen LogP contribution in [-0.2, 0) is 80.5 Å². The van der Waals surface area contributed by atoms with Gasteiger partial charge in [-0.15, -0.1) is 0 Å². The Bertz CT molecular complexity index is 2470. The monoisotopic (exact) mass is 1470 g/mol. The minimum atomic E-state index is -1.90. The average Bonchev–Trinajstić information content (AvgIpc) is 0.779. The van der Waals surface area contributed by atoms with Gasteiger partial charge in [-0.25, -0.2) is 0 Å². The Labute approximate surface area is 568 Å². The Morgan fingerprint density at radius 3 is 0.490 bits per heavy atom. The lowest BCUT2D eigenvalue weighted by atomic mass is 9.93. The Kier molecular flexibility index (Phi) is 29.2. The molecule has 38 N–H and O–H groups in total. The number of hydrogen-bond donors (Lipinski definition) is 29. The molecule has 46 heteroatoms. The molecule has 9 aliphatic heterocycles. The molecule has 46 nitrogen and oxygen atoms in total. The van der Waals surface area contributed by atoms with Crippen molar-refractivity contribution in [3.8, 4) is 0 Å². The molecule has 0 radical (unpaired) electrons. The molecule has 0 amide bonds. The van der Waals surface area contributed by atoms with Gasteiger partial charge in [0.05, 0.1) is 114 Å². The SMILES string of the molecule is N[C@H]1[C@H](O[C@H]2[C@H](O)[C@@H](N)[C@H](O[C@H]3[C@H](O)[C@@H](N)[C@H](O[C@H]4[C@H](O)[C@@H](N)[C@H](O[C@H]5[C@H](O)[C@@H](N)[C@H](O[C@H]6[C@H](O)[C@@H](N)[C@H](O[C@H]7[C@H](O)[C@@H](N)[C@H](O[C@H]8[C@H](O)[C@@H](N)[C@H](O[C@H]9[C@H](O)[C@@H](N)C(O)O[C@@H]9CO)O[C@@H]8CO)O[C@@H]7CO)O[C@@H]6CO)O[C@@H]5CO)O[C@@H]4CO)O[C@@H]3CO)O[C@@H]2CO)O[C@H](CO)[C@@H](O)[C@@H]1O. The zero-order valence-electron chi connectivity index (χ0n) is 53.4. The van der Waals surface area contributed by atoms with E-state index < -0.39 is 335 Å². The van der Waals surface area contributed by atoms with Crippen LogP contribution in [0.5, 0.6) is 0 Å². The Morgan fingerprint density at radius 2 is 0.320 bits per heavy atom. The molecule has 1 unspecified atom stereocenters. The van der Waals surface area contributed by atoms with E-state index in [2.05, 4.69) is 0 Å². The third-order valence-electron chi connectivity index (χ3n) is 19.5. The highest BCUT2D eigenvalue weighted by atomic mass is 16.8. The molecule has 0 saturated carbocycles. The van der Waals surface area contributed by atoms with Crippen LogP contribution in [0.25, 0.3) is 0 Å². The average molecular weight is 1470 g/mol. The van der Waals surface area contributed by atoms with E-state index in [1.54, 1.807) is 0 Å². The molecule has 9 fully saturated rings. The van der Waals surface area contributed by atoms with Crippen molar-refractivity contribution in [2.75, 3.05) is 59.5 Å². The largest absolute Gasteiger partial charge is 0.394 e. The standard InChI is InChI=1S/C54H101N9O37/c55-19-30(75)38(11(2-65)84-46(19)83)93-48-21(57)32(77)40(13(4-67)86-48)95-50-23(59)34(79)42(15(6-69)88-50)97-52-25(61)36(81)44(17(8-71)90-52)99-54-27(63)37(82)45(18(9-72)92-54)100-53-26(62)35(80)43(16(7-70)91-53)98-51-24(60)33(78)41(14(5-68)89-51)96-49-22(58)31(76)39(12(3-66)87-49)94-47-20(56)29(74)28(73)10(1-64)85-47/h10-54,64-83H,1-9,55-63H2/t10-,11-,12-,13-,14-,15-,16-,17-,18-,19-,20-,21-,22-,23-,24-,25-,26-,27-,28-,29-,30-,31-,32-,33-,34-,35-,36-,37-,38-,39-,40-,41-,42-,43-,44-,45-,46?,47+,48+,49+,50+,51+,52+,53+,54+/m1/s1. The topological polar surface area (TPSA) is 796 Å². The van der Waals surface area contributed by atoms with E-state index in [4.69, 9.17) is 132 Å². The summed E-state index contributed by atoms with van der Waals surface area (Å²) in [4.78, 5) is 0. The van der Waals surface area contributed by atoms with Crippen LogP contribution >= 0.6 is 0 Å². The van der Waals surface area contributed by atoms with Crippen LogP contribution in [0.15, 0.2) is 0 Å². The Hall–Kier alpha value is -1.84. The third-order valence-corrected chi connectivity index (χ3v) is 19.5. The number of aliphatic hydroxyl groups excluding tert-OH is 20. The maximum atomic E-state index is 11.7. The van der Waals surface area contributed by atoms with Crippen LogP contribution < -0.4 is 51.6 Å². The van der Waals surface area contributed by atoms with Crippen molar-refractivity contribution in [2.24, 2.45) is 51.6 Å². The predicted octanol–water partition coefficient (Wildman–Crippen LogP) is -20.9. The summed E-state index contributed by atoms with van der Waals surface area (Å²) >= 11 is 0. The van der Waals surface area contributed by atoms with Gasteiger partial charge in [0.1, 0.15) is 165 Å². The van der Waals surface area contributed by atoms with E-state index >= 15 is 0 Å². The molecular formula is C54H101N9O37. The first-order valence-electron chi connectivity index (χ1n) is 32.4. The quantitative estimate of drug-likeness (QED) is 0.0404. The normalized spacial score (nSPS) is 53.7. The van der Waals surface area contributed by atoms with Crippen LogP contribution in [-0.4, -0.2) is 437 Å². The second-order valence-electron chi connectivity index (χ2n) is 26.0. The third kappa shape index (κ3) is 16.7. The number of aliphatic hydroxyl groups is 20. The van der Waals surface area contributed by atoms with Crippen molar-refractivity contribution >= 4 is 0 Å².